The van der Waals surface area contributed by atoms with Gasteiger partial charge < -0.3 is 15.5 Å². The molecule has 1 aromatic rings. The molecule has 0 aromatic heterocycles. The van der Waals surface area contributed by atoms with Crippen molar-refractivity contribution in [1.29, 1.82) is 0 Å². The van der Waals surface area contributed by atoms with E-state index < -0.39 is 0 Å². The normalized spacial score (nSPS) is 15.1. The van der Waals surface area contributed by atoms with Crippen LogP contribution in [-0.4, -0.2) is 47.8 Å². The molecule has 1 aromatic carbocycles. The smallest absolute Gasteiger partial charge is 0.253 e. The Morgan fingerprint density at radius 1 is 1.00 bits per heavy atom. The second-order valence-corrected chi connectivity index (χ2v) is 6.74. The summed E-state index contributed by atoms with van der Waals surface area (Å²) in [6.45, 7) is 8.61. The monoisotopic (exact) mass is 339 g/mol. The van der Waals surface area contributed by atoms with Crippen molar-refractivity contribution in [3.63, 3.8) is 0 Å². The molecule has 0 atom stereocenters. The fourth-order valence-corrected chi connectivity index (χ4v) is 2.55. The molecule has 1 saturated heterocycles. The van der Waals surface area contributed by atoms with E-state index in [0.29, 0.717) is 38.3 Å². The van der Waals surface area contributed by atoms with E-state index in [-0.39, 0.29) is 29.6 Å². The second-order valence-electron chi connectivity index (χ2n) is 6.74. The molecule has 2 rings (SSSR count). The van der Waals surface area contributed by atoms with Crippen LogP contribution in [0.5, 0.6) is 0 Å². The number of rotatable bonds is 2. The molecule has 23 heavy (non-hydrogen) atoms. The predicted octanol–water partition coefficient (Wildman–Crippen LogP) is 1.90. The van der Waals surface area contributed by atoms with Crippen molar-refractivity contribution in [1.82, 2.24) is 9.80 Å². The molecule has 128 valence electrons. The van der Waals surface area contributed by atoms with Gasteiger partial charge in [-0.2, -0.15) is 0 Å². The van der Waals surface area contributed by atoms with E-state index in [9.17, 15) is 9.59 Å². The third-order valence-corrected chi connectivity index (χ3v) is 3.93. The van der Waals surface area contributed by atoms with Crippen LogP contribution >= 0.6 is 12.4 Å². The SMILES string of the molecule is CC(C)(C)C(=O)N1CCN(C(=O)c2ccc(CN)cc2)CC1.Cl. The van der Waals surface area contributed by atoms with Gasteiger partial charge in [-0.1, -0.05) is 32.9 Å². The Labute approximate surface area is 144 Å². The molecule has 1 aliphatic heterocycles. The van der Waals surface area contributed by atoms with E-state index in [1.807, 2.05) is 54.8 Å². The maximum absolute atomic E-state index is 12.5. The van der Waals surface area contributed by atoms with Crippen molar-refractivity contribution in [3.05, 3.63) is 35.4 Å². The van der Waals surface area contributed by atoms with E-state index in [2.05, 4.69) is 0 Å². The zero-order chi connectivity index (χ0) is 16.3. The van der Waals surface area contributed by atoms with Gasteiger partial charge in [0.25, 0.3) is 5.91 Å². The molecular weight excluding hydrogens is 314 g/mol. The molecule has 0 unspecified atom stereocenters. The summed E-state index contributed by atoms with van der Waals surface area (Å²) in [5.74, 6) is 0.165. The Morgan fingerprint density at radius 3 is 1.91 bits per heavy atom. The summed E-state index contributed by atoms with van der Waals surface area (Å²) < 4.78 is 0. The summed E-state index contributed by atoms with van der Waals surface area (Å²) in [5.41, 5.74) is 6.88. The lowest BCUT2D eigenvalue weighted by molar-refractivity contribution is -0.140. The highest BCUT2D eigenvalue weighted by atomic mass is 35.5. The minimum absolute atomic E-state index is 0. The van der Waals surface area contributed by atoms with Crippen LogP contribution in [0.2, 0.25) is 0 Å². The number of carbonyl (C=O) groups excluding carboxylic acids is 2. The molecule has 6 heteroatoms. The van der Waals surface area contributed by atoms with Crippen LogP contribution in [-0.2, 0) is 11.3 Å². The first kappa shape index (κ1) is 19.5. The number of hydrogen-bond acceptors (Lipinski definition) is 3. The lowest BCUT2D eigenvalue weighted by Gasteiger charge is -2.37. The molecule has 5 nitrogen and oxygen atoms in total. The van der Waals surface area contributed by atoms with Crippen LogP contribution < -0.4 is 5.73 Å². The van der Waals surface area contributed by atoms with E-state index in [4.69, 9.17) is 5.73 Å². The van der Waals surface area contributed by atoms with Crippen molar-refractivity contribution in [3.8, 4) is 0 Å². The number of amides is 2. The van der Waals surface area contributed by atoms with Crippen molar-refractivity contribution in [2.75, 3.05) is 26.2 Å². The van der Waals surface area contributed by atoms with Gasteiger partial charge in [-0.3, -0.25) is 9.59 Å². The molecule has 0 aliphatic carbocycles. The van der Waals surface area contributed by atoms with Crippen LogP contribution in [0.25, 0.3) is 0 Å². The highest BCUT2D eigenvalue weighted by Crippen LogP contribution is 2.19. The van der Waals surface area contributed by atoms with Gasteiger partial charge in [0.1, 0.15) is 0 Å². The van der Waals surface area contributed by atoms with Gasteiger partial charge in [-0.25, -0.2) is 0 Å². The quantitative estimate of drug-likeness (QED) is 0.894. The van der Waals surface area contributed by atoms with Crippen molar-refractivity contribution in [2.45, 2.75) is 27.3 Å². The molecule has 0 saturated carbocycles. The largest absolute Gasteiger partial charge is 0.339 e. The van der Waals surface area contributed by atoms with Crippen LogP contribution in [0, 0.1) is 5.41 Å². The third kappa shape index (κ3) is 4.69. The van der Waals surface area contributed by atoms with Gasteiger partial charge in [0, 0.05) is 43.7 Å². The number of halogens is 1. The summed E-state index contributed by atoms with van der Waals surface area (Å²) in [6.07, 6.45) is 0. The summed E-state index contributed by atoms with van der Waals surface area (Å²) in [6, 6.07) is 7.40. The molecule has 1 aliphatic rings. The first-order valence-electron chi connectivity index (χ1n) is 7.70. The molecule has 2 N–H and O–H groups in total. The van der Waals surface area contributed by atoms with Crippen LogP contribution in [0.1, 0.15) is 36.7 Å². The summed E-state index contributed by atoms with van der Waals surface area (Å²) >= 11 is 0. The molecule has 0 bridgehead atoms. The van der Waals surface area contributed by atoms with Crippen molar-refractivity contribution in [2.24, 2.45) is 11.1 Å². The van der Waals surface area contributed by atoms with Gasteiger partial charge in [-0.05, 0) is 17.7 Å². The average Bonchev–Trinajstić information content (AvgIpc) is 2.53. The molecule has 1 heterocycles. The standard InChI is InChI=1S/C17H25N3O2.ClH/c1-17(2,3)16(22)20-10-8-19(9-11-20)15(21)14-6-4-13(12-18)5-7-14;/h4-7H,8-12,18H2,1-3H3;1H. The predicted molar refractivity (Wildman–Crippen MR) is 93.5 cm³/mol. The van der Waals surface area contributed by atoms with Gasteiger partial charge in [0.2, 0.25) is 5.91 Å². The number of carbonyl (C=O) groups is 2. The Morgan fingerprint density at radius 2 is 1.48 bits per heavy atom. The van der Waals surface area contributed by atoms with E-state index >= 15 is 0 Å². The maximum atomic E-state index is 12.5. The van der Waals surface area contributed by atoms with Gasteiger partial charge >= 0.3 is 0 Å². The van der Waals surface area contributed by atoms with Gasteiger partial charge in [-0.15, -0.1) is 12.4 Å². The average molecular weight is 340 g/mol. The molecular formula is C17H26ClN3O2. The lowest BCUT2D eigenvalue weighted by atomic mass is 9.94. The number of nitrogens with two attached hydrogens (primary N) is 1. The molecule has 0 spiro atoms. The van der Waals surface area contributed by atoms with Gasteiger partial charge in [0.15, 0.2) is 0 Å². The fourth-order valence-electron chi connectivity index (χ4n) is 2.55. The van der Waals surface area contributed by atoms with Crippen molar-refractivity contribution < 1.29 is 9.59 Å². The van der Waals surface area contributed by atoms with E-state index in [1.54, 1.807) is 0 Å². The topological polar surface area (TPSA) is 66.6 Å². The Hall–Kier alpha value is -1.59. The zero-order valence-corrected chi connectivity index (χ0v) is 14.9. The summed E-state index contributed by atoms with van der Waals surface area (Å²) in [7, 11) is 0. The molecule has 2 amide bonds. The van der Waals surface area contributed by atoms with Gasteiger partial charge in [0.05, 0.1) is 0 Å². The fraction of sp³-hybridized carbons (Fsp3) is 0.529. The number of benzene rings is 1. The number of nitrogens with zero attached hydrogens (tertiary/aromatic N) is 2. The van der Waals surface area contributed by atoms with Crippen molar-refractivity contribution >= 4 is 24.2 Å². The Kier molecular flexibility index (Phi) is 6.59. The van der Waals surface area contributed by atoms with E-state index in [1.165, 1.54) is 0 Å². The molecule has 1 fully saturated rings. The Balaban J connectivity index is 0.00000264. The first-order chi connectivity index (χ1) is 10.3. The van der Waals surface area contributed by atoms with Crippen LogP contribution in [0.3, 0.4) is 0 Å². The van der Waals surface area contributed by atoms with Crippen LogP contribution in [0.4, 0.5) is 0 Å². The Bertz CT molecular complexity index is 544. The van der Waals surface area contributed by atoms with E-state index in [0.717, 1.165) is 5.56 Å². The maximum Gasteiger partial charge on any atom is 0.253 e. The lowest BCUT2D eigenvalue weighted by Crippen LogP contribution is -2.53. The first-order valence-corrected chi connectivity index (χ1v) is 7.70. The third-order valence-electron chi connectivity index (χ3n) is 3.93. The summed E-state index contributed by atoms with van der Waals surface area (Å²) in [4.78, 5) is 28.4. The molecule has 0 radical (unpaired) electrons. The summed E-state index contributed by atoms with van der Waals surface area (Å²) in [5, 5.41) is 0. The zero-order valence-electron chi connectivity index (χ0n) is 14.0. The number of piperazine rings is 1. The minimum Gasteiger partial charge on any atom is -0.339 e. The second kappa shape index (κ2) is 7.79. The van der Waals surface area contributed by atoms with Crippen LogP contribution in [0.15, 0.2) is 24.3 Å². The minimum atomic E-state index is -0.371. The highest BCUT2D eigenvalue weighted by molar-refractivity contribution is 5.94. The highest BCUT2D eigenvalue weighted by Gasteiger charge is 2.30. The number of hydrogen-bond donors (Lipinski definition) is 1.